The maximum atomic E-state index is 12.3. The Morgan fingerprint density at radius 1 is 0.862 bits per heavy atom. The van der Waals surface area contributed by atoms with Crippen LogP contribution in [0.1, 0.15) is 17.3 Å². The highest BCUT2D eigenvalue weighted by molar-refractivity contribution is 14.1. The fourth-order valence-electron chi connectivity index (χ4n) is 2.46. The summed E-state index contributed by atoms with van der Waals surface area (Å²) in [5.41, 5.74) is 2.07. The number of thiocarbonyl (C=S) groups is 1. The minimum atomic E-state index is -0.187. The number of anilines is 2. The molecule has 0 aliphatic rings. The summed E-state index contributed by atoms with van der Waals surface area (Å²) in [6.07, 6.45) is 0. The van der Waals surface area contributed by atoms with Gasteiger partial charge in [-0.1, -0.05) is 0 Å². The van der Waals surface area contributed by atoms with Gasteiger partial charge in [0.1, 0.15) is 11.5 Å². The second-order valence-electron chi connectivity index (χ2n) is 5.96. The highest BCUT2D eigenvalue weighted by Crippen LogP contribution is 2.18. The number of hydrogen-bond donors (Lipinski definition) is 2. The molecule has 3 rings (SSSR count). The van der Waals surface area contributed by atoms with E-state index in [-0.39, 0.29) is 11.1 Å². The SMILES string of the molecule is CCOc1ccc(NC(=S)Oc2ccc(C(=O)Nc3ccc(I)cc3)cc2)cc1. The van der Waals surface area contributed by atoms with Crippen LogP contribution in [0.2, 0.25) is 0 Å². The second kappa shape index (κ2) is 10.2. The van der Waals surface area contributed by atoms with Crippen LogP contribution in [0.25, 0.3) is 0 Å². The van der Waals surface area contributed by atoms with E-state index in [0.717, 1.165) is 20.7 Å². The number of benzene rings is 3. The van der Waals surface area contributed by atoms with Crippen LogP contribution >= 0.6 is 34.8 Å². The standard InChI is InChI=1S/C22H19IN2O3S/c1-2-27-19-13-9-18(10-14-19)25-22(29)28-20-11-3-15(4-12-20)21(26)24-17-7-5-16(23)6-8-17/h3-14H,2H2,1H3,(H,24,26)(H,25,29). The number of rotatable bonds is 6. The molecule has 0 unspecified atom stereocenters. The van der Waals surface area contributed by atoms with Crippen LogP contribution in [0.5, 0.6) is 11.5 Å². The monoisotopic (exact) mass is 518 g/mol. The quantitative estimate of drug-likeness (QED) is 0.323. The molecule has 5 nitrogen and oxygen atoms in total. The lowest BCUT2D eigenvalue weighted by Crippen LogP contribution is -2.16. The summed E-state index contributed by atoms with van der Waals surface area (Å²) in [5.74, 6) is 1.15. The molecule has 0 spiro atoms. The summed E-state index contributed by atoms with van der Waals surface area (Å²) in [5, 5.41) is 6.08. The molecule has 0 aliphatic heterocycles. The molecule has 0 radical (unpaired) electrons. The van der Waals surface area contributed by atoms with Crippen molar-refractivity contribution in [1.29, 1.82) is 0 Å². The predicted molar refractivity (Wildman–Crippen MR) is 128 cm³/mol. The average Bonchev–Trinajstić information content (AvgIpc) is 2.72. The Morgan fingerprint density at radius 3 is 2.03 bits per heavy atom. The van der Waals surface area contributed by atoms with Crippen molar-refractivity contribution in [3.05, 3.63) is 81.9 Å². The zero-order valence-corrected chi connectivity index (χ0v) is 18.6. The van der Waals surface area contributed by atoms with Crippen molar-refractivity contribution < 1.29 is 14.3 Å². The van der Waals surface area contributed by atoms with Crippen LogP contribution in [0, 0.1) is 3.57 Å². The zero-order chi connectivity index (χ0) is 20.6. The number of nitrogens with one attached hydrogen (secondary N) is 2. The fraction of sp³-hybridized carbons (Fsp3) is 0.0909. The lowest BCUT2D eigenvalue weighted by molar-refractivity contribution is 0.102. The van der Waals surface area contributed by atoms with E-state index >= 15 is 0 Å². The number of carbonyl (C=O) groups excluding carboxylic acids is 1. The molecule has 1 amide bonds. The van der Waals surface area contributed by atoms with Crippen molar-refractivity contribution in [3.8, 4) is 11.5 Å². The summed E-state index contributed by atoms with van der Waals surface area (Å²) in [4.78, 5) is 12.3. The Balaban J connectivity index is 1.54. The first kappa shape index (κ1) is 21.1. The molecule has 7 heteroatoms. The Kier molecular flexibility index (Phi) is 7.42. The van der Waals surface area contributed by atoms with Gasteiger partial charge in [0.25, 0.3) is 11.1 Å². The Hall–Kier alpha value is -2.65. The first-order valence-electron chi connectivity index (χ1n) is 8.92. The zero-order valence-electron chi connectivity index (χ0n) is 15.6. The smallest absolute Gasteiger partial charge is 0.266 e. The van der Waals surface area contributed by atoms with Gasteiger partial charge in [0.15, 0.2) is 0 Å². The van der Waals surface area contributed by atoms with Gasteiger partial charge in [0, 0.05) is 20.5 Å². The van der Waals surface area contributed by atoms with Crippen molar-refractivity contribution in [2.75, 3.05) is 17.2 Å². The summed E-state index contributed by atoms with van der Waals surface area (Å²) in [7, 11) is 0. The normalized spacial score (nSPS) is 10.1. The van der Waals surface area contributed by atoms with E-state index < -0.39 is 0 Å². The summed E-state index contributed by atoms with van der Waals surface area (Å²) < 4.78 is 12.1. The van der Waals surface area contributed by atoms with Crippen molar-refractivity contribution >= 4 is 57.3 Å². The van der Waals surface area contributed by atoms with Crippen LogP contribution < -0.4 is 20.1 Å². The second-order valence-corrected chi connectivity index (χ2v) is 7.57. The van der Waals surface area contributed by atoms with Crippen LogP contribution in [-0.4, -0.2) is 17.7 Å². The third-order valence-corrected chi connectivity index (χ3v) is 4.75. The molecular formula is C22H19IN2O3S. The third kappa shape index (κ3) is 6.43. The Morgan fingerprint density at radius 2 is 1.41 bits per heavy atom. The van der Waals surface area contributed by atoms with Crippen LogP contribution in [0.15, 0.2) is 72.8 Å². The van der Waals surface area contributed by atoms with Crippen molar-refractivity contribution in [1.82, 2.24) is 0 Å². The first-order valence-corrected chi connectivity index (χ1v) is 10.4. The van der Waals surface area contributed by atoms with Gasteiger partial charge in [-0.05, 0) is 115 Å². The fourth-order valence-corrected chi connectivity index (χ4v) is 3.04. The van der Waals surface area contributed by atoms with Gasteiger partial charge in [0.2, 0.25) is 0 Å². The molecule has 0 aromatic heterocycles. The molecule has 0 fully saturated rings. The highest BCUT2D eigenvalue weighted by atomic mass is 127. The minimum absolute atomic E-state index is 0.187. The first-order chi connectivity index (χ1) is 14.0. The van der Waals surface area contributed by atoms with Gasteiger partial charge in [0.05, 0.1) is 6.61 Å². The van der Waals surface area contributed by atoms with E-state index in [2.05, 4.69) is 33.2 Å². The molecule has 3 aromatic rings. The van der Waals surface area contributed by atoms with Gasteiger partial charge in [-0.3, -0.25) is 4.79 Å². The number of hydrogen-bond acceptors (Lipinski definition) is 4. The average molecular weight is 518 g/mol. The maximum Gasteiger partial charge on any atom is 0.266 e. The number of amides is 1. The van der Waals surface area contributed by atoms with E-state index in [1.165, 1.54) is 0 Å². The molecule has 0 aliphatic carbocycles. The van der Waals surface area contributed by atoms with Crippen molar-refractivity contribution in [3.63, 3.8) is 0 Å². The molecule has 3 aromatic carbocycles. The summed E-state index contributed by atoms with van der Waals surface area (Å²) >= 11 is 7.46. The molecule has 29 heavy (non-hydrogen) atoms. The topological polar surface area (TPSA) is 59.6 Å². The number of ether oxygens (including phenoxy) is 2. The van der Waals surface area contributed by atoms with Crippen LogP contribution in [0.4, 0.5) is 11.4 Å². The van der Waals surface area contributed by atoms with Gasteiger partial charge in [-0.25, -0.2) is 0 Å². The van der Waals surface area contributed by atoms with E-state index in [4.69, 9.17) is 21.7 Å². The number of carbonyl (C=O) groups is 1. The predicted octanol–water partition coefficient (Wildman–Crippen LogP) is 5.72. The van der Waals surface area contributed by atoms with Crippen molar-refractivity contribution in [2.24, 2.45) is 0 Å². The van der Waals surface area contributed by atoms with Gasteiger partial charge < -0.3 is 20.1 Å². The molecule has 148 valence electrons. The summed E-state index contributed by atoms with van der Waals surface area (Å²) in [6.45, 7) is 2.55. The molecule has 0 saturated heterocycles. The molecular weight excluding hydrogens is 499 g/mol. The molecule has 0 heterocycles. The lowest BCUT2D eigenvalue weighted by atomic mass is 10.2. The van der Waals surface area contributed by atoms with E-state index in [0.29, 0.717) is 17.9 Å². The molecule has 2 N–H and O–H groups in total. The van der Waals surface area contributed by atoms with E-state index in [1.807, 2.05) is 55.5 Å². The van der Waals surface area contributed by atoms with Crippen molar-refractivity contribution in [2.45, 2.75) is 6.92 Å². The van der Waals surface area contributed by atoms with Crippen LogP contribution in [0.3, 0.4) is 0 Å². The highest BCUT2D eigenvalue weighted by Gasteiger charge is 2.08. The molecule has 0 bridgehead atoms. The maximum absolute atomic E-state index is 12.3. The Labute approximate surface area is 188 Å². The summed E-state index contributed by atoms with van der Waals surface area (Å²) in [6, 6.07) is 21.8. The van der Waals surface area contributed by atoms with Gasteiger partial charge in [-0.2, -0.15) is 0 Å². The lowest BCUT2D eigenvalue weighted by Gasteiger charge is -2.11. The van der Waals surface area contributed by atoms with Gasteiger partial charge in [-0.15, -0.1) is 0 Å². The minimum Gasteiger partial charge on any atom is -0.494 e. The van der Waals surface area contributed by atoms with Gasteiger partial charge >= 0.3 is 0 Å². The number of halogens is 1. The van der Waals surface area contributed by atoms with E-state index in [9.17, 15) is 4.79 Å². The molecule has 0 saturated carbocycles. The largest absolute Gasteiger partial charge is 0.494 e. The van der Waals surface area contributed by atoms with Crippen LogP contribution in [-0.2, 0) is 0 Å². The van der Waals surface area contributed by atoms with E-state index in [1.54, 1.807) is 24.3 Å². The third-order valence-electron chi connectivity index (χ3n) is 3.84. The Bertz CT molecular complexity index is 974. The molecule has 0 atom stereocenters.